The molecule has 2 heterocycles. The van der Waals surface area contributed by atoms with Gasteiger partial charge in [-0.3, -0.25) is 14.5 Å². The molecule has 2 aliphatic rings. The van der Waals surface area contributed by atoms with Gasteiger partial charge in [0, 0.05) is 31.6 Å². The molecule has 0 radical (unpaired) electrons. The van der Waals surface area contributed by atoms with E-state index >= 15 is 0 Å². The van der Waals surface area contributed by atoms with Gasteiger partial charge in [0.25, 0.3) is 0 Å². The highest BCUT2D eigenvalue weighted by atomic mass is 32.2. The summed E-state index contributed by atoms with van der Waals surface area (Å²) < 4.78 is 45.3. The lowest BCUT2D eigenvalue weighted by Crippen LogP contribution is -2.57. The number of methoxy groups -OCH3 is 1. The number of fused-ring (bicyclic) bond motifs is 1. The first kappa shape index (κ1) is 19.7. The molecule has 8 nitrogen and oxygen atoms in total. The van der Waals surface area contributed by atoms with Crippen molar-refractivity contribution in [2.45, 2.75) is 42.3 Å². The zero-order valence-electron chi connectivity index (χ0n) is 14.9. The minimum absolute atomic E-state index is 0.0273. The predicted molar refractivity (Wildman–Crippen MR) is 93.7 cm³/mol. The van der Waals surface area contributed by atoms with Crippen LogP contribution in [0, 0.1) is 5.82 Å². The molecule has 27 heavy (non-hydrogen) atoms. The Kier molecular flexibility index (Phi) is 5.78. The van der Waals surface area contributed by atoms with E-state index < -0.39 is 27.9 Å². The summed E-state index contributed by atoms with van der Waals surface area (Å²) in [5, 5.41) is 2.81. The number of ether oxygens (including phenoxy) is 1. The number of nitrogens with zero attached hydrogens (tertiary/aromatic N) is 1. The van der Waals surface area contributed by atoms with Crippen LogP contribution in [-0.4, -0.2) is 63.5 Å². The summed E-state index contributed by atoms with van der Waals surface area (Å²) in [5.41, 5.74) is 0. The van der Waals surface area contributed by atoms with Crippen LogP contribution in [0.2, 0.25) is 0 Å². The van der Waals surface area contributed by atoms with Crippen LogP contribution in [0.4, 0.5) is 4.39 Å². The number of amides is 1. The van der Waals surface area contributed by atoms with E-state index in [1.54, 1.807) is 0 Å². The van der Waals surface area contributed by atoms with Crippen molar-refractivity contribution in [3.8, 4) is 0 Å². The molecule has 0 spiro atoms. The largest absolute Gasteiger partial charge is 0.469 e. The number of carbonyl (C=O) groups is 2. The number of halogens is 1. The van der Waals surface area contributed by atoms with Gasteiger partial charge in [0.05, 0.1) is 18.0 Å². The van der Waals surface area contributed by atoms with Gasteiger partial charge in [0.1, 0.15) is 5.82 Å². The molecule has 3 rings (SSSR count). The average molecular weight is 399 g/mol. The van der Waals surface area contributed by atoms with Crippen LogP contribution >= 0.6 is 0 Å². The second kappa shape index (κ2) is 7.91. The van der Waals surface area contributed by atoms with E-state index in [2.05, 4.69) is 14.8 Å². The molecule has 2 fully saturated rings. The SMILES string of the molecule is COC(=O)CCC1CNC(=O)C2CC(NS(=O)(=O)c3ccc(F)cc3)CN12. The molecule has 2 aliphatic heterocycles. The topological polar surface area (TPSA) is 105 Å². The lowest BCUT2D eigenvalue weighted by Gasteiger charge is -2.37. The first-order chi connectivity index (χ1) is 12.8. The van der Waals surface area contributed by atoms with Gasteiger partial charge in [0.2, 0.25) is 15.9 Å². The maximum atomic E-state index is 13.0. The Morgan fingerprint density at radius 3 is 2.74 bits per heavy atom. The first-order valence-corrected chi connectivity index (χ1v) is 10.2. The number of esters is 1. The summed E-state index contributed by atoms with van der Waals surface area (Å²) in [6.45, 7) is 0.772. The second-order valence-electron chi connectivity index (χ2n) is 6.73. The minimum atomic E-state index is -3.82. The highest BCUT2D eigenvalue weighted by Crippen LogP contribution is 2.27. The van der Waals surface area contributed by atoms with Crippen molar-refractivity contribution in [3.63, 3.8) is 0 Å². The molecule has 10 heteroatoms. The molecule has 1 amide bonds. The monoisotopic (exact) mass is 399 g/mol. The molecule has 3 unspecified atom stereocenters. The van der Waals surface area contributed by atoms with Crippen molar-refractivity contribution in [2.75, 3.05) is 20.2 Å². The van der Waals surface area contributed by atoms with Crippen molar-refractivity contribution in [3.05, 3.63) is 30.1 Å². The lowest BCUT2D eigenvalue weighted by molar-refractivity contribution is -0.141. The summed E-state index contributed by atoms with van der Waals surface area (Å²) in [6.07, 6.45) is 1.08. The molecule has 0 aromatic heterocycles. The number of sulfonamides is 1. The molecule has 2 N–H and O–H groups in total. The van der Waals surface area contributed by atoms with Crippen molar-refractivity contribution in [2.24, 2.45) is 0 Å². The van der Waals surface area contributed by atoms with E-state index in [1.807, 2.05) is 4.90 Å². The van der Waals surface area contributed by atoms with Gasteiger partial charge in [-0.05, 0) is 37.1 Å². The van der Waals surface area contributed by atoms with Crippen LogP contribution in [0.3, 0.4) is 0 Å². The zero-order chi connectivity index (χ0) is 19.6. The number of benzene rings is 1. The molecular formula is C17H22FN3O5S. The summed E-state index contributed by atoms with van der Waals surface area (Å²) in [7, 11) is -2.49. The Morgan fingerprint density at radius 1 is 1.37 bits per heavy atom. The standard InChI is InChI=1S/C17H22FN3O5S/c1-26-16(22)7-4-13-9-19-17(23)15-8-12(10-21(13)15)20-27(24,25)14-5-2-11(18)3-6-14/h2-3,5-6,12-13,15,20H,4,7-10H2,1H3,(H,19,23). The van der Waals surface area contributed by atoms with Crippen molar-refractivity contribution < 1.29 is 27.1 Å². The van der Waals surface area contributed by atoms with E-state index in [-0.39, 0.29) is 29.2 Å². The normalized spacial score (nSPS) is 25.7. The number of hydrogen-bond donors (Lipinski definition) is 2. The maximum Gasteiger partial charge on any atom is 0.305 e. The van der Waals surface area contributed by atoms with Crippen molar-refractivity contribution >= 4 is 21.9 Å². The highest BCUT2D eigenvalue weighted by Gasteiger charge is 2.44. The Labute approximate surface area is 157 Å². The fraction of sp³-hybridized carbons (Fsp3) is 0.529. The van der Waals surface area contributed by atoms with Crippen LogP contribution < -0.4 is 10.0 Å². The van der Waals surface area contributed by atoms with Crippen LogP contribution in [0.15, 0.2) is 29.2 Å². The van der Waals surface area contributed by atoms with Gasteiger partial charge in [-0.25, -0.2) is 17.5 Å². The third kappa shape index (κ3) is 4.45. The Hall–Kier alpha value is -2.04. The van der Waals surface area contributed by atoms with Crippen molar-refractivity contribution in [1.29, 1.82) is 0 Å². The average Bonchev–Trinajstić information content (AvgIpc) is 3.05. The van der Waals surface area contributed by atoms with Crippen LogP contribution in [0.5, 0.6) is 0 Å². The summed E-state index contributed by atoms with van der Waals surface area (Å²) in [5.74, 6) is -0.985. The fourth-order valence-electron chi connectivity index (χ4n) is 3.62. The van der Waals surface area contributed by atoms with Gasteiger partial charge >= 0.3 is 5.97 Å². The minimum Gasteiger partial charge on any atom is -0.469 e. The van der Waals surface area contributed by atoms with E-state index in [9.17, 15) is 22.4 Å². The lowest BCUT2D eigenvalue weighted by atomic mass is 10.0. The Bertz CT molecular complexity index is 814. The molecule has 0 saturated carbocycles. The molecule has 2 saturated heterocycles. The van der Waals surface area contributed by atoms with Crippen molar-refractivity contribution in [1.82, 2.24) is 14.9 Å². The number of nitrogens with one attached hydrogen (secondary N) is 2. The molecule has 3 atom stereocenters. The van der Waals surface area contributed by atoms with Gasteiger partial charge < -0.3 is 10.1 Å². The number of piperazine rings is 1. The summed E-state index contributed by atoms with van der Waals surface area (Å²) in [6, 6.07) is 3.62. The molecule has 1 aromatic carbocycles. The number of rotatable bonds is 6. The fourth-order valence-corrected chi connectivity index (χ4v) is 4.86. The smallest absolute Gasteiger partial charge is 0.305 e. The summed E-state index contributed by atoms with van der Waals surface area (Å²) in [4.78, 5) is 25.5. The van der Waals surface area contributed by atoms with Gasteiger partial charge in [0.15, 0.2) is 0 Å². The van der Waals surface area contributed by atoms with Crippen LogP contribution in [0.1, 0.15) is 19.3 Å². The Balaban J connectivity index is 1.68. The van der Waals surface area contributed by atoms with Gasteiger partial charge in [-0.1, -0.05) is 0 Å². The highest BCUT2D eigenvalue weighted by molar-refractivity contribution is 7.89. The first-order valence-electron chi connectivity index (χ1n) is 8.68. The molecule has 148 valence electrons. The second-order valence-corrected chi connectivity index (χ2v) is 8.45. The maximum absolute atomic E-state index is 13.0. The Morgan fingerprint density at radius 2 is 2.07 bits per heavy atom. The molecule has 0 aliphatic carbocycles. The molecule has 0 bridgehead atoms. The van der Waals surface area contributed by atoms with Gasteiger partial charge in [-0.15, -0.1) is 0 Å². The molecular weight excluding hydrogens is 377 g/mol. The number of carbonyl (C=O) groups excluding carboxylic acids is 2. The quantitative estimate of drug-likeness (QED) is 0.653. The third-order valence-corrected chi connectivity index (χ3v) is 6.51. The zero-order valence-corrected chi connectivity index (χ0v) is 15.7. The van der Waals surface area contributed by atoms with E-state index in [0.29, 0.717) is 25.9 Å². The molecule has 1 aromatic rings. The number of hydrogen-bond acceptors (Lipinski definition) is 6. The van der Waals surface area contributed by atoms with E-state index in [4.69, 9.17) is 0 Å². The van der Waals surface area contributed by atoms with Crippen LogP contribution in [0.25, 0.3) is 0 Å². The van der Waals surface area contributed by atoms with Gasteiger partial charge in [-0.2, -0.15) is 0 Å². The van der Waals surface area contributed by atoms with E-state index in [0.717, 1.165) is 12.1 Å². The van der Waals surface area contributed by atoms with Crippen LogP contribution in [-0.2, 0) is 24.3 Å². The third-order valence-electron chi connectivity index (χ3n) is 4.98. The predicted octanol–water partition coefficient (Wildman–Crippen LogP) is -0.00150. The summed E-state index contributed by atoms with van der Waals surface area (Å²) >= 11 is 0. The van der Waals surface area contributed by atoms with E-state index in [1.165, 1.54) is 19.2 Å².